The molecule has 3 aromatic heterocycles. The molecule has 7 heteroatoms. The minimum Gasteiger partial charge on any atom is -0.436 e. The Morgan fingerprint density at radius 1 is 1.26 bits per heavy atom. The third-order valence-electron chi connectivity index (χ3n) is 5.02. The van der Waals surface area contributed by atoms with Gasteiger partial charge in [-0.05, 0) is 37.5 Å². The first-order valence-corrected chi connectivity index (χ1v) is 9.25. The van der Waals surface area contributed by atoms with E-state index in [0.29, 0.717) is 23.9 Å². The largest absolute Gasteiger partial charge is 0.436 e. The molecule has 1 fully saturated rings. The van der Waals surface area contributed by atoms with Gasteiger partial charge in [-0.25, -0.2) is 9.97 Å². The van der Waals surface area contributed by atoms with Crippen LogP contribution in [0.15, 0.2) is 41.3 Å². The molecule has 0 saturated carbocycles. The third kappa shape index (κ3) is 3.63. The Hall–Kier alpha value is -2.96. The highest BCUT2D eigenvalue weighted by molar-refractivity contribution is 5.92. The molecule has 0 unspecified atom stereocenters. The summed E-state index contributed by atoms with van der Waals surface area (Å²) in [5, 5.41) is 0. The average Bonchev–Trinajstić information content (AvgIpc) is 3.28. The summed E-state index contributed by atoms with van der Waals surface area (Å²) in [5.41, 5.74) is 1.83. The number of nitrogens with zero attached hydrogens (tertiary/aromatic N) is 5. The van der Waals surface area contributed by atoms with Crippen molar-refractivity contribution in [3.63, 3.8) is 0 Å². The van der Waals surface area contributed by atoms with E-state index in [9.17, 15) is 4.79 Å². The Balaban J connectivity index is 1.51. The molecule has 1 aliphatic rings. The molecule has 1 atom stereocenters. The van der Waals surface area contributed by atoms with E-state index in [2.05, 4.69) is 19.5 Å². The lowest BCUT2D eigenvalue weighted by Crippen LogP contribution is -2.40. The highest BCUT2D eigenvalue weighted by atomic mass is 16.4. The molecule has 1 amide bonds. The van der Waals surface area contributed by atoms with Crippen molar-refractivity contribution < 1.29 is 9.21 Å². The fraction of sp³-hybridized carbons (Fsp3) is 0.400. The van der Waals surface area contributed by atoms with Gasteiger partial charge in [-0.3, -0.25) is 9.78 Å². The van der Waals surface area contributed by atoms with Crippen LogP contribution in [0.25, 0.3) is 0 Å². The van der Waals surface area contributed by atoms with E-state index in [1.165, 1.54) is 5.56 Å². The number of pyridine rings is 1. The van der Waals surface area contributed by atoms with E-state index in [4.69, 9.17) is 4.42 Å². The Kier molecular flexibility index (Phi) is 4.75. The normalized spacial score (nSPS) is 17.3. The van der Waals surface area contributed by atoms with E-state index in [0.717, 1.165) is 31.8 Å². The van der Waals surface area contributed by atoms with Gasteiger partial charge in [-0.15, -0.1) is 0 Å². The monoisotopic (exact) mass is 365 g/mol. The van der Waals surface area contributed by atoms with Crippen molar-refractivity contribution in [2.75, 3.05) is 13.1 Å². The Morgan fingerprint density at radius 2 is 2.07 bits per heavy atom. The summed E-state index contributed by atoms with van der Waals surface area (Å²) >= 11 is 0. The lowest BCUT2D eigenvalue weighted by atomic mass is 9.96. The fourth-order valence-corrected chi connectivity index (χ4v) is 3.74. The van der Waals surface area contributed by atoms with E-state index in [1.54, 1.807) is 19.3 Å². The van der Waals surface area contributed by atoms with Gasteiger partial charge < -0.3 is 13.9 Å². The first-order chi connectivity index (χ1) is 13.1. The van der Waals surface area contributed by atoms with E-state index in [1.807, 2.05) is 36.4 Å². The maximum absolute atomic E-state index is 12.9. The molecule has 1 aliphatic heterocycles. The highest BCUT2D eigenvalue weighted by Gasteiger charge is 2.30. The van der Waals surface area contributed by atoms with Crippen LogP contribution in [0.1, 0.15) is 52.3 Å². The molecule has 3 aromatic rings. The number of amides is 1. The molecule has 0 bridgehead atoms. The second-order valence-corrected chi connectivity index (χ2v) is 7.01. The molecule has 4 heterocycles. The van der Waals surface area contributed by atoms with Crippen LogP contribution in [0.5, 0.6) is 0 Å². The summed E-state index contributed by atoms with van der Waals surface area (Å²) in [7, 11) is 0. The molecular formula is C20H23N5O2. The lowest BCUT2D eigenvalue weighted by Gasteiger charge is -2.32. The van der Waals surface area contributed by atoms with Gasteiger partial charge in [0.1, 0.15) is 5.82 Å². The third-order valence-corrected chi connectivity index (χ3v) is 5.02. The number of aryl methyl sites for hydroxylation is 2. The molecule has 0 aliphatic carbocycles. The SMILES string of the molecule is Cc1nc(C)c(C(=O)N2CCC[C@@H](c3nccn3Cc3ccncc3)C2)o1. The minimum atomic E-state index is -0.0787. The maximum Gasteiger partial charge on any atom is 0.291 e. The molecule has 1 saturated heterocycles. The van der Waals surface area contributed by atoms with Gasteiger partial charge in [0.2, 0.25) is 5.76 Å². The second-order valence-electron chi connectivity index (χ2n) is 7.01. The van der Waals surface area contributed by atoms with Crippen molar-refractivity contribution in [2.24, 2.45) is 0 Å². The van der Waals surface area contributed by atoms with Gasteiger partial charge in [-0.2, -0.15) is 0 Å². The summed E-state index contributed by atoms with van der Waals surface area (Å²) in [6.07, 6.45) is 9.40. The Morgan fingerprint density at radius 3 is 2.81 bits per heavy atom. The van der Waals surface area contributed by atoms with Crippen LogP contribution in [0.4, 0.5) is 0 Å². The lowest BCUT2D eigenvalue weighted by molar-refractivity contribution is 0.0669. The summed E-state index contributed by atoms with van der Waals surface area (Å²) in [5.74, 6) is 2.04. The van der Waals surface area contributed by atoms with Crippen molar-refractivity contribution in [2.45, 2.75) is 39.2 Å². The van der Waals surface area contributed by atoms with Gasteiger partial charge in [0, 0.05) is 57.3 Å². The summed E-state index contributed by atoms with van der Waals surface area (Å²) < 4.78 is 7.69. The number of carbonyl (C=O) groups is 1. The molecule has 140 valence electrons. The van der Waals surface area contributed by atoms with Crippen LogP contribution in [0.3, 0.4) is 0 Å². The number of piperidine rings is 1. The number of hydrogen-bond donors (Lipinski definition) is 0. The molecule has 27 heavy (non-hydrogen) atoms. The molecule has 0 radical (unpaired) electrons. The molecular weight excluding hydrogens is 342 g/mol. The van der Waals surface area contributed by atoms with Crippen molar-refractivity contribution in [3.8, 4) is 0 Å². The van der Waals surface area contributed by atoms with Crippen LogP contribution in [-0.2, 0) is 6.54 Å². The predicted octanol–water partition coefficient (Wildman–Crippen LogP) is 2.95. The van der Waals surface area contributed by atoms with Gasteiger partial charge in [-0.1, -0.05) is 0 Å². The number of imidazole rings is 1. The molecule has 4 rings (SSSR count). The zero-order valence-electron chi connectivity index (χ0n) is 15.6. The number of hydrogen-bond acceptors (Lipinski definition) is 5. The number of likely N-dealkylation sites (tertiary alicyclic amines) is 1. The number of carbonyl (C=O) groups excluding carboxylic acids is 1. The van der Waals surface area contributed by atoms with Crippen LogP contribution in [-0.4, -0.2) is 43.4 Å². The maximum atomic E-state index is 12.9. The number of aromatic nitrogens is 4. The van der Waals surface area contributed by atoms with Crippen molar-refractivity contribution >= 4 is 5.91 Å². The van der Waals surface area contributed by atoms with Crippen LogP contribution < -0.4 is 0 Å². The molecule has 0 spiro atoms. The minimum absolute atomic E-state index is 0.0787. The first-order valence-electron chi connectivity index (χ1n) is 9.25. The second kappa shape index (κ2) is 7.34. The van der Waals surface area contributed by atoms with Crippen LogP contribution in [0, 0.1) is 13.8 Å². The summed E-state index contributed by atoms with van der Waals surface area (Å²) in [4.78, 5) is 27.6. The quantitative estimate of drug-likeness (QED) is 0.710. The molecule has 7 nitrogen and oxygen atoms in total. The number of oxazole rings is 1. The standard InChI is InChI=1S/C20H23N5O2/c1-14-18(27-15(2)23-14)20(26)25-10-3-4-17(13-25)19-22-9-11-24(19)12-16-5-7-21-8-6-16/h5-9,11,17H,3-4,10,12-13H2,1-2H3/t17-/m1/s1. The smallest absolute Gasteiger partial charge is 0.291 e. The van der Waals surface area contributed by atoms with Crippen molar-refractivity contribution in [1.82, 2.24) is 24.4 Å². The number of rotatable bonds is 4. The van der Waals surface area contributed by atoms with Gasteiger partial charge in [0.05, 0.1) is 5.69 Å². The molecule has 0 aromatic carbocycles. The predicted molar refractivity (Wildman–Crippen MR) is 99.4 cm³/mol. The highest BCUT2D eigenvalue weighted by Crippen LogP contribution is 2.28. The van der Waals surface area contributed by atoms with Crippen LogP contribution in [0.2, 0.25) is 0 Å². The summed E-state index contributed by atoms with van der Waals surface area (Å²) in [6, 6.07) is 4.02. The van der Waals surface area contributed by atoms with Crippen molar-refractivity contribution in [1.29, 1.82) is 0 Å². The fourth-order valence-electron chi connectivity index (χ4n) is 3.74. The van der Waals surface area contributed by atoms with Crippen molar-refractivity contribution in [3.05, 3.63) is 65.7 Å². The van der Waals surface area contributed by atoms with E-state index < -0.39 is 0 Å². The average molecular weight is 365 g/mol. The van der Waals surface area contributed by atoms with Crippen LogP contribution >= 0.6 is 0 Å². The molecule has 0 N–H and O–H groups in total. The zero-order valence-corrected chi connectivity index (χ0v) is 15.6. The van der Waals surface area contributed by atoms with Gasteiger partial charge in [0.25, 0.3) is 5.91 Å². The Bertz CT molecular complexity index is 931. The summed E-state index contributed by atoms with van der Waals surface area (Å²) in [6.45, 7) is 5.71. The Labute approximate surface area is 158 Å². The zero-order chi connectivity index (χ0) is 18.8. The van der Waals surface area contributed by atoms with Gasteiger partial charge in [0.15, 0.2) is 5.89 Å². The topological polar surface area (TPSA) is 77.1 Å². The van der Waals surface area contributed by atoms with E-state index in [-0.39, 0.29) is 11.8 Å². The van der Waals surface area contributed by atoms with E-state index >= 15 is 0 Å². The van der Waals surface area contributed by atoms with Gasteiger partial charge >= 0.3 is 0 Å². The first kappa shape index (κ1) is 17.5.